The van der Waals surface area contributed by atoms with Gasteiger partial charge in [0.2, 0.25) is 5.91 Å². The van der Waals surface area contributed by atoms with Gasteiger partial charge in [-0.25, -0.2) is 4.79 Å². The minimum absolute atomic E-state index is 0.148. The predicted octanol–water partition coefficient (Wildman–Crippen LogP) is 4.92. The van der Waals surface area contributed by atoms with Crippen molar-refractivity contribution in [2.75, 3.05) is 18.2 Å². The van der Waals surface area contributed by atoms with E-state index in [-0.39, 0.29) is 11.7 Å². The van der Waals surface area contributed by atoms with Crippen LogP contribution in [0.5, 0.6) is 0 Å². The van der Waals surface area contributed by atoms with Crippen LogP contribution in [0, 0.1) is 13.8 Å². The first-order valence-corrected chi connectivity index (χ1v) is 11.7. The van der Waals surface area contributed by atoms with Gasteiger partial charge in [0.05, 0.1) is 18.4 Å². The topological polar surface area (TPSA) is 86.1 Å². The second-order valence-corrected chi connectivity index (χ2v) is 9.46. The standard InChI is InChI=1S/C20H21BrN4O3S2/c1-5-25-17(13-6-8-14(21)9-7-13)23-24-20(25)29-10-15(26)22-18-16(19(27)28-4)11(2)12(3)30-18/h6-9H,5,10H2,1-4H3,(H,22,26). The number of esters is 1. The molecule has 0 aliphatic heterocycles. The number of aromatic nitrogens is 3. The zero-order valence-electron chi connectivity index (χ0n) is 17.0. The van der Waals surface area contributed by atoms with E-state index in [1.54, 1.807) is 0 Å². The number of nitrogens with one attached hydrogen (secondary N) is 1. The van der Waals surface area contributed by atoms with Gasteiger partial charge in [0.25, 0.3) is 0 Å². The first-order chi connectivity index (χ1) is 14.3. The van der Waals surface area contributed by atoms with Gasteiger partial charge in [0.15, 0.2) is 11.0 Å². The molecule has 0 aliphatic rings. The van der Waals surface area contributed by atoms with Crippen LogP contribution in [0.15, 0.2) is 33.9 Å². The van der Waals surface area contributed by atoms with Crippen molar-refractivity contribution in [2.45, 2.75) is 32.5 Å². The first kappa shape index (κ1) is 22.5. The van der Waals surface area contributed by atoms with Gasteiger partial charge in [0.1, 0.15) is 5.00 Å². The summed E-state index contributed by atoms with van der Waals surface area (Å²) in [5.41, 5.74) is 2.18. The molecule has 1 N–H and O–H groups in total. The molecule has 30 heavy (non-hydrogen) atoms. The molecule has 0 radical (unpaired) electrons. The van der Waals surface area contributed by atoms with Crippen molar-refractivity contribution in [3.63, 3.8) is 0 Å². The van der Waals surface area contributed by atoms with Crippen molar-refractivity contribution in [3.8, 4) is 11.4 Å². The molecule has 0 unspecified atom stereocenters. The van der Waals surface area contributed by atoms with Crippen molar-refractivity contribution in [1.29, 1.82) is 0 Å². The fourth-order valence-corrected chi connectivity index (χ4v) is 4.98. The smallest absolute Gasteiger partial charge is 0.341 e. The van der Waals surface area contributed by atoms with Crippen LogP contribution in [-0.4, -0.2) is 39.5 Å². The maximum absolute atomic E-state index is 12.5. The molecule has 1 aromatic carbocycles. The highest BCUT2D eigenvalue weighted by atomic mass is 79.9. The number of carbonyl (C=O) groups excluding carboxylic acids is 2. The van der Waals surface area contributed by atoms with Gasteiger partial charge in [-0.1, -0.05) is 39.8 Å². The molecule has 7 nitrogen and oxygen atoms in total. The van der Waals surface area contributed by atoms with Crippen molar-refractivity contribution >= 4 is 55.9 Å². The maximum Gasteiger partial charge on any atom is 0.341 e. The number of amides is 1. The van der Waals surface area contributed by atoms with Crippen molar-refractivity contribution < 1.29 is 14.3 Å². The van der Waals surface area contributed by atoms with Gasteiger partial charge in [-0.05, 0) is 38.5 Å². The number of thioether (sulfide) groups is 1. The molecular formula is C20H21BrN4O3S2. The third-order valence-corrected chi connectivity index (χ3v) is 7.11. The Hall–Kier alpha value is -2.17. The van der Waals surface area contributed by atoms with Crippen LogP contribution in [0.3, 0.4) is 0 Å². The molecule has 3 aromatic rings. The Morgan fingerprint density at radius 2 is 1.93 bits per heavy atom. The number of halogens is 1. The van der Waals surface area contributed by atoms with E-state index in [0.29, 0.717) is 22.3 Å². The van der Waals surface area contributed by atoms with E-state index in [0.717, 1.165) is 26.3 Å². The summed E-state index contributed by atoms with van der Waals surface area (Å²) >= 11 is 6.10. The van der Waals surface area contributed by atoms with E-state index in [2.05, 4.69) is 31.4 Å². The zero-order chi connectivity index (χ0) is 21.8. The zero-order valence-corrected chi connectivity index (χ0v) is 20.2. The fraction of sp³-hybridized carbons (Fsp3) is 0.300. The summed E-state index contributed by atoms with van der Waals surface area (Å²) in [6.07, 6.45) is 0. The minimum Gasteiger partial charge on any atom is -0.465 e. The third kappa shape index (κ3) is 4.76. The van der Waals surface area contributed by atoms with E-state index in [1.807, 2.05) is 49.6 Å². The van der Waals surface area contributed by atoms with Gasteiger partial charge in [-0.15, -0.1) is 21.5 Å². The number of anilines is 1. The Balaban J connectivity index is 1.72. The van der Waals surface area contributed by atoms with E-state index >= 15 is 0 Å². The van der Waals surface area contributed by atoms with Gasteiger partial charge >= 0.3 is 5.97 Å². The Bertz CT molecular complexity index is 1080. The highest BCUT2D eigenvalue weighted by Crippen LogP contribution is 2.33. The molecule has 0 saturated carbocycles. The number of hydrogen-bond acceptors (Lipinski definition) is 7. The minimum atomic E-state index is -0.454. The summed E-state index contributed by atoms with van der Waals surface area (Å²) < 4.78 is 7.81. The predicted molar refractivity (Wildman–Crippen MR) is 123 cm³/mol. The monoisotopic (exact) mass is 508 g/mol. The Morgan fingerprint density at radius 3 is 2.57 bits per heavy atom. The number of carbonyl (C=O) groups is 2. The molecule has 0 atom stereocenters. The second-order valence-electron chi connectivity index (χ2n) is 6.37. The number of aryl methyl sites for hydroxylation is 1. The number of nitrogens with zero attached hydrogens (tertiary/aromatic N) is 3. The molecular weight excluding hydrogens is 488 g/mol. The number of benzene rings is 1. The average molecular weight is 509 g/mol. The van der Waals surface area contributed by atoms with Crippen LogP contribution in [0.25, 0.3) is 11.4 Å². The molecule has 3 rings (SSSR count). The molecule has 2 aromatic heterocycles. The quantitative estimate of drug-likeness (QED) is 0.359. The molecule has 10 heteroatoms. The van der Waals surface area contributed by atoms with Crippen LogP contribution in [0.1, 0.15) is 27.7 Å². The molecule has 1 amide bonds. The summed E-state index contributed by atoms with van der Waals surface area (Å²) in [6, 6.07) is 7.84. The van der Waals surface area contributed by atoms with Crippen molar-refractivity contribution in [3.05, 3.63) is 44.7 Å². The van der Waals surface area contributed by atoms with Crippen LogP contribution in [0.2, 0.25) is 0 Å². The summed E-state index contributed by atoms with van der Waals surface area (Å²) in [4.78, 5) is 25.6. The van der Waals surface area contributed by atoms with Gasteiger partial charge in [0, 0.05) is 21.5 Å². The van der Waals surface area contributed by atoms with Crippen LogP contribution in [-0.2, 0) is 16.1 Å². The van der Waals surface area contributed by atoms with Gasteiger partial charge in [-0.3, -0.25) is 4.79 Å². The highest BCUT2D eigenvalue weighted by Gasteiger charge is 2.22. The molecule has 0 spiro atoms. The maximum atomic E-state index is 12.5. The lowest BCUT2D eigenvalue weighted by Crippen LogP contribution is -2.16. The lowest BCUT2D eigenvalue weighted by atomic mass is 10.1. The van der Waals surface area contributed by atoms with E-state index in [1.165, 1.54) is 30.2 Å². The lowest BCUT2D eigenvalue weighted by molar-refractivity contribution is -0.113. The normalized spacial score (nSPS) is 10.8. The SMILES string of the molecule is CCn1c(SCC(=O)Nc2sc(C)c(C)c2C(=O)OC)nnc1-c1ccc(Br)cc1. The first-order valence-electron chi connectivity index (χ1n) is 9.15. The molecule has 158 valence electrons. The molecule has 0 aliphatic carbocycles. The van der Waals surface area contributed by atoms with Crippen LogP contribution >= 0.6 is 39.0 Å². The highest BCUT2D eigenvalue weighted by molar-refractivity contribution is 9.10. The molecule has 0 bridgehead atoms. The van der Waals surface area contributed by atoms with E-state index in [9.17, 15) is 9.59 Å². The Kier molecular flexibility index (Phi) is 7.32. The molecule has 0 fully saturated rings. The third-order valence-electron chi connectivity index (χ3n) is 4.50. The van der Waals surface area contributed by atoms with Crippen molar-refractivity contribution in [1.82, 2.24) is 14.8 Å². The second kappa shape index (κ2) is 9.76. The number of hydrogen-bond donors (Lipinski definition) is 1. The van der Waals surface area contributed by atoms with E-state index in [4.69, 9.17) is 4.74 Å². The van der Waals surface area contributed by atoms with Crippen molar-refractivity contribution in [2.24, 2.45) is 0 Å². The van der Waals surface area contributed by atoms with Crippen LogP contribution in [0.4, 0.5) is 5.00 Å². The number of methoxy groups -OCH3 is 1. The number of rotatable bonds is 7. The van der Waals surface area contributed by atoms with E-state index < -0.39 is 5.97 Å². The average Bonchev–Trinajstić information content (AvgIpc) is 3.26. The molecule has 0 saturated heterocycles. The molecule has 2 heterocycles. The number of ether oxygens (including phenoxy) is 1. The summed E-state index contributed by atoms with van der Waals surface area (Å²) in [5.74, 6) is 0.229. The Labute approximate surface area is 191 Å². The van der Waals surface area contributed by atoms with Crippen LogP contribution < -0.4 is 5.32 Å². The van der Waals surface area contributed by atoms with Gasteiger partial charge in [-0.2, -0.15) is 0 Å². The Morgan fingerprint density at radius 1 is 1.23 bits per heavy atom. The van der Waals surface area contributed by atoms with Gasteiger partial charge < -0.3 is 14.6 Å². The fourth-order valence-electron chi connectivity index (χ4n) is 2.85. The summed E-state index contributed by atoms with van der Waals surface area (Å²) in [5, 5.41) is 12.6. The number of thiophene rings is 1. The summed E-state index contributed by atoms with van der Waals surface area (Å²) in [7, 11) is 1.33. The summed E-state index contributed by atoms with van der Waals surface area (Å²) in [6.45, 7) is 6.44. The lowest BCUT2D eigenvalue weighted by Gasteiger charge is -2.08. The largest absolute Gasteiger partial charge is 0.465 e.